The number of halogens is 1. The second kappa shape index (κ2) is 28.5. The molecule has 0 heterocycles. The highest BCUT2D eigenvalue weighted by Gasteiger charge is 2.41. The first kappa shape index (κ1) is 39.4. The summed E-state index contributed by atoms with van der Waals surface area (Å²) in [6, 6.07) is 0. The summed E-state index contributed by atoms with van der Waals surface area (Å²) in [5.41, 5.74) is 0. The summed E-state index contributed by atoms with van der Waals surface area (Å²) in [6.45, 7) is 12.1. The molecule has 236 valence electrons. The summed E-state index contributed by atoms with van der Waals surface area (Å²) in [7, 11) is 0. The highest BCUT2D eigenvalue weighted by molar-refractivity contribution is 9.10. The molecule has 4 heteroatoms. The van der Waals surface area contributed by atoms with Crippen molar-refractivity contribution in [2.75, 3.05) is 13.2 Å². The third-order valence-electron chi connectivity index (χ3n) is 8.31. The summed E-state index contributed by atoms with van der Waals surface area (Å²) in [4.78, 5) is 0. The van der Waals surface area contributed by atoms with Crippen LogP contribution in [-0.2, 0) is 9.47 Å². The standard InChI is InChI=1S/C35H71BrO3/c1-6-8-10-12-14-16-18-20-22-24-26-28-30-38-33(5)34(35(36,37)32(3)4)39-31-29-27-25-23-21-19-17-15-13-11-9-7-2/h32-34,37H,6-31H2,1-5H3. The van der Waals surface area contributed by atoms with Gasteiger partial charge >= 0.3 is 0 Å². The summed E-state index contributed by atoms with van der Waals surface area (Å²) in [6.07, 6.45) is 31.7. The number of hydrogen-bond donors (Lipinski definition) is 1. The van der Waals surface area contributed by atoms with Gasteiger partial charge in [-0.1, -0.05) is 185 Å². The number of unbranched alkanes of at least 4 members (excludes halogenated alkanes) is 22. The van der Waals surface area contributed by atoms with Crippen LogP contribution in [-0.4, -0.2) is 35.0 Å². The van der Waals surface area contributed by atoms with Crippen molar-refractivity contribution in [3.63, 3.8) is 0 Å². The van der Waals surface area contributed by atoms with Crippen LogP contribution in [0.15, 0.2) is 0 Å². The molecule has 3 atom stereocenters. The molecule has 0 bridgehead atoms. The Balaban J connectivity index is 3.94. The van der Waals surface area contributed by atoms with Crippen molar-refractivity contribution in [3.05, 3.63) is 0 Å². The molecule has 0 saturated heterocycles. The van der Waals surface area contributed by atoms with Crippen molar-refractivity contribution in [1.82, 2.24) is 0 Å². The Hall–Kier alpha value is 0.360. The molecule has 0 radical (unpaired) electrons. The van der Waals surface area contributed by atoms with Gasteiger partial charge in [0.1, 0.15) is 10.6 Å². The topological polar surface area (TPSA) is 38.7 Å². The molecule has 0 aliphatic heterocycles. The number of alkyl halides is 1. The van der Waals surface area contributed by atoms with E-state index in [0.717, 1.165) is 19.4 Å². The zero-order chi connectivity index (χ0) is 29.0. The number of hydrogen-bond acceptors (Lipinski definition) is 3. The van der Waals surface area contributed by atoms with E-state index in [1.807, 2.05) is 13.8 Å². The predicted octanol–water partition coefficient (Wildman–Crippen LogP) is 11.9. The van der Waals surface area contributed by atoms with E-state index in [1.54, 1.807) is 0 Å². The lowest BCUT2D eigenvalue weighted by molar-refractivity contribution is -0.139. The first-order valence-corrected chi connectivity index (χ1v) is 18.3. The largest absolute Gasteiger partial charge is 0.376 e. The maximum absolute atomic E-state index is 11.1. The van der Waals surface area contributed by atoms with Crippen LogP contribution >= 0.6 is 15.9 Å². The SMILES string of the molecule is CCCCCCCCCCCCCCOC(C)C(OCCCCCCCCCCCCCC)C(O)(Br)C(C)C. The van der Waals surface area contributed by atoms with E-state index in [9.17, 15) is 5.11 Å². The third-order valence-corrected chi connectivity index (χ3v) is 9.68. The molecule has 0 fully saturated rings. The van der Waals surface area contributed by atoms with Crippen LogP contribution in [0, 0.1) is 5.92 Å². The van der Waals surface area contributed by atoms with E-state index < -0.39 is 4.51 Å². The Bertz CT molecular complexity index is 483. The summed E-state index contributed by atoms with van der Waals surface area (Å²) >= 11 is 3.58. The highest BCUT2D eigenvalue weighted by Crippen LogP contribution is 2.33. The minimum atomic E-state index is -1.07. The maximum Gasteiger partial charge on any atom is 0.150 e. The monoisotopic (exact) mass is 618 g/mol. The molecule has 0 aromatic heterocycles. The van der Waals surface area contributed by atoms with Crippen molar-refractivity contribution in [2.45, 2.75) is 205 Å². The van der Waals surface area contributed by atoms with Crippen LogP contribution in [0.2, 0.25) is 0 Å². The molecule has 0 aliphatic rings. The summed E-state index contributed by atoms with van der Waals surface area (Å²) in [5.74, 6) is 0.0437. The number of rotatable bonds is 31. The van der Waals surface area contributed by atoms with Crippen LogP contribution in [0.4, 0.5) is 0 Å². The molecular formula is C35H71BrO3. The lowest BCUT2D eigenvalue weighted by Crippen LogP contribution is -2.50. The number of ether oxygens (including phenoxy) is 2. The van der Waals surface area contributed by atoms with Gasteiger partial charge in [0.2, 0.25) is 0 Å². The zero-order valence-electron chi connectivity index (χ0n) is 27.3. The van der Waals surface area contributed by atoms with E-state index >= 15 is 0 Å². The van der Waals surface area contributed by atoms with Gasteiger partial charge in [0.25, 0.3) is 0 Å². The van der Waals surface area contributed by atoms with Gasteiger partial charge in [0, 0.05) is 13.2 Å². The zero-order valence-corrected chi connectivity index (χ0v) is 28.8. The number of aliphatic hydroxyl groups is 1. The normalized spacial score (nSPS) is 15.1. The first-order valence-electron chi connectivity index (χ1n) is 17.5. The summed E-state index contributed by atoms with van der Waals surface area (Å²) < 4.78 is 11.4. The Kier molecular flexibility index (Phi) is 28.7. The lowest BCUT2D eigenvalue weighted by atomic mass is 9.98. The average Bonchev–Trinajstić information content (AvgIpc) is 2.91. The van der Waals surface area contributed by atoms with Gasteiger partial charge in [-0.05, 0) is 25.7 Å². The van der Waals surface area contributed by atoms with Crippen molar-refractivity contribution in [3.8, 4) is 0 Å². The van der Waals surface area contributed by atoms with Gasteiger partial charge in [-0.15, -0.1) is 0 Å². The average molecular weight is 620 g/mol. The lowest BCUT2D eigenvalue weighted by Gasteiger charge is -2.37. The molecule has 1 N–H and O–H groups in total. The molecular weight excluding hydrogens is 548 g/mol. The van der Waals surface area contributed by atoms with Gasteiger partial charge in [-0.3, -0.25) is 0 Å². The van der Waals surface area contributed by atoms with Gasteiger partial charge in [0.05, 0.1) is 6.10 Å². The van der Waals surface area contributed by atoms with E-state index in [2.05, 4.69) is 36.7 Å². The molecule has 3 nitrogen and oxygen atoms in total. The van der Waals surface area contributed by atoms with Crippen molar-refractivity contribution < 1.29 is 14.6 Å². The predicted molar refractivity (Wildman–Crippen MR) is 176 cm³/mol. The Morgan fingerprint density at radius 3 is 1.08 bits per heavy atom. The van der Waals surface area contributed by atoms with E-state index in [0.29, 0.717) is 6.61 Å². The van der Waals surface area contributed by atoms with Crippen LogP contribution in [0.3, 0.4) is 0 Å². The molecule has 0 aliphatic carbocycles. The van der Waals surface area contributed by atoms with E-state index in [1.165, 1.54) is 141 Å². The fourth-order valence-corrected chi connectivity index (χ4v) is 5.87. The van der Waals surface area contributed by atoms with Crippen LogP contribution in [0.5, 0.6) is 0 Å². The Morgan fingerprint density at radius 2 is 0.769 bits per heavy atom. The fraction of sp³-hybridized carbons (Fsp3) is 1.00. The van der Waals surface area contributed by atoms with Crippen molar-refractivity contribution >= 4 is 15.9 Å². The second-order valence-electron chi connectivity index (χ2n) is 12.5. The first-order chi connectivity index (χ1) is 18.9. The molecule has 39 heavy (non-hydrogen) atoms. The molecule has 3 unspecified atom stereocenters. The maximum atomic E-state index is 11.1. The Labute approximate surface area is 254 Å². The van der Waals surface area contributed by atoms with E-state index in [4.69, 9.17) is 9.47 Å². The third kappa shape index (κ3) is 23.6. The highest BCUT2D eigenvalue weighted by atomic mass is 79.9. The molecule has 0 amide bonds. The van der Waals surface area contributed by atoms with Crippen LogP contribution < -0.4 is 0 Å². The van der Waals surface area contributed by atoms with Gasteiger partial charge < -0.3 is 14.6 Å². The van der Waals surface area contributed by atoms with Crippen molar-refractivity contribution in [1.29, 1.82) is 0 Å². The molecule has 0 spiro atoms. The minimum absolute atomic E-state index is 0.0437. The van der Waals surface area contributed by atoms with Crippen LogP contribution in [0.25, 0.3) is 0 Å². The van der Waals surface area contributed by atoms with Gasteiger partial charge in [0.15, 0.2) is 0 Å². The second-order valence-corrected chi connectivity index (χ2v) is 13.8. The molecule has 0 aromatic carbocycles. The van der Waals surface area contributed by atoms with Crippen LogP contribution in [0.1, 0.15) is 189 Å². The smallest absolute Gasteiger partial charge is 0.150 e. The van der Waals surface area contributed by atoms with Gasteiger partial charge in [-0.25, -0.2) is 0 Å². The molecule has 0 aromatic rings. The minimum Gasteiger partial charge on any atom is -0.376 e. The van der Waals surface area contributed by atoms with E-state index in [-0.39, 0.29) is 18.1 Å². The van der Waals surface area contributed by atoms with Crippen molar-refractivity contribution in [2.24, 2.45) is 5.92 Å². The van der Waals surface area contributed by atoms with Gasteiger partial charge in [-0.2, -0.15) is 0 Å². The summed E-state index contributed by atoms with van der Waals surface area (Å²) in [5, 5.41) is 11.1. The molecule has 0 rings (SSSR count). The molecule has 0 saturated carbocycles. The fourth-order valence-electron chi connectivity index (χ4n) is 5.36. The Morgan fingerprint density at radius 1 is 0.487 bits per heavy atom. The quantitative estimate of drug-likeness (QED) is 0.0620.